The molecule has 2 rings (SSSR count). The fourth-order valence-electron chi connectivity index (χ4n) is 1.98. The molecule has 6 heteroatoms. The molecule has 0 N–H and O–H groups in total. The molecule has 0 fully saturated rings. The second kappa shape index (κ2) is 6.47. The monoisotopic (exact) mass is 280 g/mol. The van der Waals surface area contributed by atoms with Gasteiger partial charge in [-0.2, -0.15) is 0 Å². The molecule has 0 saturated heterocycles. The number of nitrogens with zero attached hydrogens (tertiary/aromatic N) is 2. The molecule has 1 aromatic carbocycles. The van der Waals surface area contributed by atoms with Crippen LogP contribution in [-0.2, 0) is 14.4 Å². The zero-order valence-electron chi connectivity index (χ0n) is 11.5. The van der Waals surface area contributed by atoms with E-state index in [2.05, 4.69) is 5.16 Å². The number of amides is 1. The first-order valence-corrected chi connectivity index (χ1v) is 6.31. The summed E-state index contributed by atoms with van der Waals surface area (Å²) in [4.78, 5) is 18.4. The largest absolute Gasteiger partial charge is 0.390 e. The van der Waals surface area contributed by atoms with Gasteiger partial charge in [0.1, 0.15) is 12.4 Å². The van der Waals surface area contributed by atoms with E-state index >= 15 is 0 Å². The first-order chi connectivity index (χ1) is 9.60. The van der Waals surface area contributed by atoms with E-state index in [0.29, 0.717) is 13.0 Å². The second-order valence-electron chi connectivity index (χ2n) is 4.68. The van der Waals surface area contributed by atoms with Crippen LogP contribution in [0.4, 0.5) is 4.39 Å². The van der Waals surface area contributed by atoms with Gasteiger partial charge in [0.2, 0.25) is 5.91 Å². The summed E-state index contributed by atoms with van der Waals surface area (Å²) in [6.45, 7) is 0.491. The van der Waals surface area contributed by atoms with Crippen LogP contribution in [0.15, 0.2) is 29.4 Å². The van der Waals surface area contributed by atoms with Gasteiger partial charge in [0.25, 0.3) is 0 Å². The van der Waals surface area contributed by atoms with Gasteiger partial charge in [0.15, 0.2) is 6.10 Å². The maximum absolute atomic E-state index is 12.9. The van der Waals surface area contributed by atoms with E-state index in [-0.39, 0.29) is 24.4 Å². The average molecular weight is 280 g/mol. The molecule has 0 spiro atoms. The molecule has 0 bridgehead atoms. The van der Waals surface area contributed by atoms with Crippen molar-refractivity contribution in [2.75, 3.05) is 27.3 Å². The first-order valence-electron chi connectivity index (χ1n) is 6.31. The zero-order valence-corrected chi connectivity index (χ0v) is 11.5. The molecular weight excluding hydrogens is 263 g/mol. The van der Waals surface area contributed by atoms with Gasteiger partial charge in [-0.3, -0.25) is 4.79 Å². The smallest absolute Gasteiger partial charge is 0.248 e. The number of methoxy groups -OCH3 is 1. The molecule has 108 valence electrons. The minimum absolute atomic E-state index is 0.0505. The Morgan fingerprint density at radius 1 is 1.50 bits per heavy atom. The molecule has 1 heterocycles. The van der Waals surface area contributed by atoms with Crippen molar-refractivity contribution in [1.82, 2.24) is 4.90 Å². The van der Waals surface area contributed by atoms with Crippen LogP contribution >= 0.6 is 0 Å². The average Bonchev–Trinajstić information content (AvgIpc) is 2.88. The molecule has 0 aromatic heterocycles. The molecule has 1 aromatic rings. The van der Waals surface area contributed by atoms with E-state index in [9.17, 15) is 9.18 Å². The maximum Gasteiger partial charge on any atom is 0.248 e. The van der Waals surface area contributed by atoms with Gasteiger partial charge in [-0.1, -0.05) is 17.3 Å². The number of likely N-dealkylation sites (N-methyl/N-ethyl adjacent to an activating group) is 1. The number of carbonyl (C=O) groups is 1. The standard InChI is InChI=1S/C14H17FN2O3/c1-17(14(18)9-19-2)8-12-7-13(16-20-12)10-3-5-11(15)6-4-10/h3-6,12H,7-9H2,1-2H3/t12-/m0/s1. The highest BCUT2D eigenvalue weighted by Crippen LogP contribution is 2.17. The van der Waals surface area contributed by atoms with Gasteiger partial charge in [-0.15, -0.1) is 0 Å². The van der Waals surface area contributed by atoms with Crippen LogP contribution in [0.3, 0.4) is 0 Å². The number of carbonyl (C=O) groups excluding carboxylic acids is 1. The van der Waals surface area contributed by atoms with Crippen LogP contribution in [0.5, 0.6) is 0 Å². The third kappa shape index (κ3) is 3.54. The lowest BCUT2D eigenvalue weighted by molar-refractivity contribution is -0.135. The lowest BCUT2D eigenvalue weighted by Gasteiger charge is -2.19. The normalized spacial score (nSPS) is 17.6. The minimum Gasteiger partial charge on any atom is -0.390 e. The predicted molar refractivity (Wildman–Crippen MR) is 71.9 cm³/mol. The fourth-order valence-corrected chi connectivity index (χ4v) is 1.98. The van der Waals surface area contributed by atoms with Crippen molar-refractivity contribution in [3.63, 3.8) is 0 Å². The van der Waals surface area contributed by atoms with Crippen LogP contribution in [0.1, 0.15) is 12.0 Å². The molecule has 1 aliphatic rings. The van der Waals surface area contributed by atoms with Crippen molar-refractivity contribution in [3.05, 3.63) is 35.6 Å². The van der Waals surface area contributed by atoms with Gasteiger partial charge in [0.05, 0.1) is 12.3 Å². The molecule has 1 atom stereocenters. The molecule has 0 aliphatic carbocycles. The lowest BCUT2D eigenvalue weighted by Crippen LogP contribution is -2.36. The van der Waals surface area contributed by atoms with Crippen LogP contribution in [0.2, 0.25) is 0 Å². The molecular formula is C14H17FN2O3. The predicted octanol–water partition coefficient (Wildman–Crippen LogP) is 1.42. The first kappa shape index (κ1) is 14.5. The van der Waals surface area contributed by atoms with Gasteiger partial charge in [-0.05, 0) is 17.7 Å². The highest BCUT2D eigenvalue weighted by atomic mass is 19.1. The number of hydrogen-bond acceptors (Lipinski definition) is 4. The molecule has 0 saturated carbocycles. The van der Waals surface area contributed by atoms with E-state index in [1.165, 1.54) is 19.2 Å². The van der Waals surface area contributed by atoms with Crippen molar-refractivity contribution >= 4 is 11.6 Å². The van der Waals surface area contributed by atoms with Gasteiger partial charge in [0, 0.05) is 20.6 Å². The Hall–Kier alpha value is -1.95. The SMILES string of the molecule is COCC(=O)N(C)C[C@@H]1CC(c2ccc(F)cc2)=NO1. The Morgan fingerprint density at radius 3 is 2.85 bits per heavy atom. The number of halogens is 1. The highest BCUT2D eigenvalue weighted by Gasteiger charge is 2.25. The third-order valence-corrected chi connectivity index (χ3v) is 3.08. The van der Waals surface area contributed by atoms with Gasteiger partial charge >= 0.3 is 0 Å². The van der Waals surface area contributed by atoms with E-state index in [1.54, 1.807) is 24.1 Å². The van der Waals surface area contributed by atoms with Crippen molar-refractivity contribution in [3.8, 4) is 0 Å². The Labute approximate surface area is 117 Å². The van der Waals surface area contributed by atoms with Crippen molar-refractivity contribution < 1.29 is 18.8 Å². The molecule has 20 heavy (non-hydrogen) atoms. The maximum atomic E-state index is 12.9. The Bertz CT molecular complexity index is 502. The Balaban J connectivity index is 1.88. The summed E-state index contributed by atoms with van der Waals surface area (Å²) in [6, 6.07) is 6.11. The second-order valence-corrected chi connectivity index (χ2v) is 4.68. The van der Waals surface area contributed by atoms with Crippen LogP contribution in [-0.4, -0.2) is 49.9 Å². The van der Waals surface area contributed by atoms with E-state index < -0.39 is 0 Å². The van der Waals surface area contributed by atoms with Crippen LogP contribution in [0.25, 0.3) is 0 Å². The number of rotatable bonds is 5. The van der Waals surface area contributed by atoms with Crippen molar-refractivity contribution in [2.24, 2.45) is 5.16 Å². The number of benzene rings is 1. The fraction of sp³-hybridized carbons (Fsp3) is 0.429. The quantitative estimate of drug-likeness (QED) is 0.819. The van der Waals surface area contributed by atoms with Crippen LogP contribution in [0, 0.1) is 5.82 Å². The van der Waals surface area contributed by atoms with Gasteiger partial charge < -0.3 is 14.5 Å². The topological polar surface area (TPSA) is 51.1 Å². The number of oxime groups is 1. The Kier molecular flexibility index (Phi) is 4.68. The van der Waals surface area contributed by atoms with E-state index in [1.807, 2.05) is 0 Å². The summed E-state index contributed by atoms with van der Waals surface area (Å²) in [5.41, 5.74) is 1.60. The molecule has 0 radical (unpaired) electrons. The summed E-state index contributed by atoms with van der Waals surface area (Å²) in [6.07, 6.45) is 0.414. The summed E-state index contributed by atoms with van der Waals surface area (Å²) in [5.74, 6) is -0.388. The number of ether oxygens (including phenoxy) is 1. The molecule has 1 aliphatic heterocycles. The summed E-state index contributed by atoms with van der Waals surface area (Å²) >= 11 is 0. The molecule has 1 amide bonds. The lowest BCUT2D eigenvalue weighted by atomic mass is 10.0. The Morgan fingerprint density at radius 2 is 2.20 bits per heavy atom. The third-order valence-electron chi connectivity index (χ3n) is 3.08. The van der Waals surface area contributed by atoms with E-state index in [4.69, 9.17) is 9.57 Å². The minimum atomic E-state index is -0.283. The highest BCUT2D eigenvalue weighted by molar-refractivity contribution is 6.01. The molecule has 0 unspecified atom stereocenters. The van der Waals surface area contributed by atoms with E-state index in [0.717, 1.165) is 11.3 Å². The summed E-state index contributed by atoms with van der Waals surface area (Å²) in [7, 11) is 3.17. The van der Waals surface area contributed by atoms with Gasteiger partial charge in [-0.25, -0.2) is 4.39 Å². The van der Waals surface area contributed by atoms with Crippen LogP contribution < -0.4 is 0 Å². The van der Waals surface area contributed by atoms with Crippen molar-refractivity contribution in [1.29, 1.82) is 0 Å². The van der Waals surface area contributed by atoms with Crippen molar-refractivity contribution in [2.45, 2.75) is 12.5 Å². The zero-order chi connectivity index (χ0) is 14.5. The number of hydrogen-bond donors (Lipinski definition) is 0. The molecule has 5 nitrogen and oxygen atoms in total. The summed E-state index contributed by atoms with van der Waals surface area (Å²) < 4.78 is 17.7. The summed E-state index contributed by atoms with van der Waals surface area (Å²) in [5, 5.41) is 4.00.